The van der Waals surface area contributed by atoms with E-state index in [2.05, 4.69) is 20.4 Å². The Morgan fingerprint density at radius 3 is 3.22 bits per heavy atom. The van der Waals surface area contributed by atoms with Crippen molar-refractivity contribution in [3.63, 3.8) is 0 Å². The molecule has 1 aliphatic rings. The second kappa shape index (κ2) is 4.73. The molecule has 3 rings (SSSR count). The van der Waals surface area contributed by atoms with Crippen LogP contribution < -0.4 is 10.1 Å². The normalized spacial score (nSPS) is 19.1. The van der Waals surface area contributed by atoms with Crippen LogP contribution in [-0.2, 0) is 0 Å². The van der Waals surface area contributed by atoms with Crippen LogP contribution in [0.3, 0.4) is 0 Å². The van der Waals surface area contributed by atoms with Crippen LogP contribution in [0.25, 0.3) is 11.5 Å². The minimum atomic E-state index is 0.204. The largest absolute Gasteiger partial charge is 0.494 e. The zero-order chi connectivity index (χ0) is 12.4. The SMILES string of the molecule is COc1cnccc1-c1nc(C2CCCN2)no1. The van der Waals surface area contributed by atoms with Crippen molar-refractivity contribution in [2.24, 2.45) is 0 Å². The molecule has 0 amide bonds. The molecule has 2 aromatic heterocycles. The minimum absolute atomic E-state index is 0.204. The Morgan fingerprint density at radius 1 is 1.50 bits per heavy atom. The molecule has 1 atom stereocenters. The Kier molecular flexibility index (Phi) is 2.93. The molecule has 1 unspecified atom stereocenters. The van der Waals surface area contributed by atoms with E-state index < -0.39 is 0 Å². The molecule has 0 spiro atoms. The van der Waals surface area contributed by atoms with E-state index in [4.69, 9.17) is 9.26 Å². The van der Waals surface area contributed by atoms with Crippen molar-refractivity contribution in [2.75, 3.05) is 13.7 Å². The number of methoxy groups -OCH3 is 1. The van der Waals surface area contributed by atoms with Gasteiger partial charge in [-0.1, -0.05) is 5.16 Å². The molecule has 2 aromatic rings. The van der Waals surface area contributed by atoms with Gasteiger partial charge in [-0.3, -0.25) is 4.98 Å². The number of rotatable bonds is 3. The molecule has 0 aromatic carbocycles. The molecule has 6 nitrogen and oxygen atoms in total. The van der Waals surface area contributed by atoms with Crippen LogP contribution in [0.4, 0.5) is 0 Å². The average molecular weight is 246 g/mol. The number of ether oxygens (including phenoxy) is 1. The fourth-order valence-electron chi connectivity index (χ4n) is 2.11. The van der Waals surface area contributed by atoms with Crippen molar-refractivity contribution in [3.05, 3.63) is 24.3 Å². The molecule has 18 heavy (non-hydrogen) atoms. The highest BCUT2D eigenvalue weighted by Gasteiger charge is 2.22. The average Bonchev–Trinajstić information content (AvgIpc) is 3.09. The molecule has 1 saturated heterocycles. The van der Waals surface area contributed by atoms with Gasteiger partial charge in [0.1, 0.15) is 5.75 Å². The van der Waals surface area contributed by atoms with Crippen molar-refractivity contribution >= 4 is 0 Å². The Morgan fingerprint density at radius 2 is 2.44 bits per heavy atom. The van der Waals surface area contributed by atoms with E-state index in [1.807, 2.05) is 0 Å². The lowest BCUT2D eigenvalue weighted by atomic mass is 10.2. The van der Waals surface area contributed by atoms with Gasteiger partial charge in [0.05, 0.1) is 24.9 Å². The third kappa shape index (κ3) is 1.95. The van der Waals surface area contributed by atoms with Crippen molar-refractivity contribution in [2.45, 2.75) is 18.9 Å². The van der Waals surface area contributed by atoms with E-state index in [0.717, 1.165) is 24.9 Å². The molecule has 6 heteroatoms. The Labute approximate surface area is 104 Å². The van der Waals surface area contributed by atoms with Crippen LogP contribution in [0.1, 0.15) is 24.7 Å². The highest BCUT2D eigenvalue weighted by Crippen LogP contribution is 2.29. The predicted molar refractivity (Wildman–Crippen MR) is 64.1 cm³/mol. The number of hydrogen-bond donors (Lipinski definition) is 1. The number of hydrogen-bond acceptors (Lipinski definition) is 6. The van der Waals surface area contributed by atoms with Crippen LogP contribution in [0.5, 0.6) is 5.75 Å². The summed E-state index contributed by atoms with van der Waals surface area (Å²) < 4.78 is 10.5. The fraction of sp³-hybridized carbons (Fsp3) is 0.417. The van der Waals surface area contributed by atoms with E-state index in [1.54, 1.807) is 25.6 Å². The van der Waals surface area contributed by atoms with Crippen molar-refractivity contribution in [1.82, 2.24) is 20.4 Å². The summed E-state index contributed by atoms with van der Waals surface area (Å²) in [5, 5.41) is 7.36. The van der Waals surface area contributed by atoms with Crippen LogP contribution in [0.15, 0.2) is 23.0 Å². The van der Waals surface area contributed by atoms with E-state index >= 15 is 0 Å². The maximum absolute atomic E-state index is 5.30. The fourth-order valence-corrected chi connectivity index (χ4v) is 2.11. The summed E-state index contributed by atoms with van der Waals surface area (Å²) in [6.45, 7) is 1.01. The van der Waals surface area contributed by atoms with Gasteiger partial charge < -0.3 is 14.6 Å². The Balaban J connectivity index is 1.92. The lowest BCUT2D eigenvalue weighted by molar-refractivity contribution is 0.398. The van der Waals surface area contributed by atoms with Crippen molar-refractivity contribution in [3.8, 4) is 17.2 Å². The summed E-state index contributed by atoms with van der Waals surface area (Å²) >= 11 is 0. The molecule has 3 heterocycles. The van der Waals surface area contributed by atoms with Gasteiger partial charge in [0.2, 0.25) is 0 Å². The summed E-state index contributed by atoms with van der Waals surface area (Å²) in [5.74, 6) is 1.81. The topological polar surface area (TPSA) is 73.1 Å². The van der Waals surface area contributed by atoms with Gasteiger partial charge in [0.15, 0.2) is 5.82 Å². The number of nitrogens with one attached hydrogen (secondary N) is 1. The van der Waals surface area contributed by atoms with Gasteiger partial charge in [0.25, 0.3) is 5.89 Å². The van der Waals surface area contributed by atoms with E-state index in [9.17, 15) is 0 Å². The van der Waals surface area contributed by atoms with Gasteiger partial charge in [0, 0.05) is 6.20 Å². The molecule has 0 aliphatic carbocycles. The van der Waals surface area contributed by atoms with Crippen molar-refractivity contribution in [1.29, 1.82) is 0 Å². The summed E-state index contributed by atoms with van der Waals surface area (Å²) in [5.41, 5.74) is 0.768. The lowest BCUT2D eigenvalue weighted by Gasteiger charge is -2.03. The molecule has 1 fully saturated rings. The summed E-state index contributed by atoms with van der Waals surface area (Å²) in [6.07, 6.45) is 5.50. The summed E-state index contributed by atoms with van der Waals surface area (Å²) in [7, 11) is 1.59. The number of pyridine rings is 1. The quantitative estimate of drug-likeness (QED) is 0.886. The van der Waals surface area contributed by atoms with Crippen LogP contribution in [0, 0.1) is 0 Å². The van der Waals surface area contributed by atoms with Gasteiger partial charge in [-0.15, -0.1) is 0 Å². The third-order valence-corrected chi connectivity index (χ3v) is 3.05. The first-order valence-corrected chi connectivity index (χ1v) is 5.94. The minimum Gasteiger partial charge on any atom is -0.494 e. The van der Waals surface area contributed by atoms with E-state index in [-0.39, 0.29) is 6.04 Å². The number of aromatic nitrogens is 3. The monoisotopic (exact) mass is 246 g/mol. The molecular weight excluding hydrogens is 232 g/mol. The lowest BCUT2D eigenvalue weighted by Crippen LogP contribution is -2.14. The highest BCUT2D eigenvalue weighted by molar-refractivity contribution is 5.61. The van der Waals surface area contributed by atoms with E-state index in [1.165, 1.54) is 0 Å². The second-order valence-electron chi connectivity index (χ2n) is 4.18. The molecular formula is C12H14N4O2. The predicted octanol–water partition coefficient (Wildman–Crippen LogP) is 1.56. The molecule has 0 saturated carbocycles. The zero-order valence-corrected chi connectivity index (χ0v) is 10.1. The van der Waals surface area contributed by atoms with E-state index in [0.29, 0.717) is 17.5 Å². The Hall–Kier alpha value is -1.95. The van der Waals surface area contributed by atoms with Crippen LogP contribution in [0.2, 0.25) is 0 Å². The first-order valence-electron chi connectivity index (χ1n) is 5.94. The van der Waals surface area contributed by atoms with Gasteiger partial charge in [-0.05, 0) is 25.5 Å². The van der Waals surface area contributed by atoms with Crippen LogP contribution >= 0.6 is 0 Å². The standard InChI is InChI=1S/C12H14N4O2/c1-17-10-7-13-6-4-8(10)12-15-11(16-18-12)9-3-2-5-14-9/h4,6-7,9,14H,2-3,5H2,1H3. The van der Waals surface area contributed by atoms with Crippen molar-refractivity contribution < 1.29 is 9.26 Å². The summed E-state index contributed by atoms with van der Waals surface area (Å²) in [4.78, 5) is 8.42. The maximum atomic E-state index is 5.30. The molecule has 1 N–H and O–H groups in total. The summed E-state index contributed by atoms with van der Waals surface area (Å²) in [6, 6.07) is 2.01. The van der Waals surface area contributed by atoms with Gasteiger partial charge >= 0.3 is 0 Å². The van der Waals surface area contributed by atoms with Gasteiger partial charge in [-0.2, -0.15) is 4.98 Å². The smallest absolute Gasteiger partial charge is 0.261 e. The maximum Gasteiger partial charge on any atom is 0.261 e. The first-order chi connectivity index (χ1) is 8.88. The molecule has 0 radical (unpaired) electrons. The third-order valence-electron chi connectivity index (χ3n) is 3.05. The first kappa shape index (κ1) is 11.2. The molecule has 94 valence electrons. The van der Waals surface area contributed by atoms with Crippen LogP contribution in [-0.4, -0.2) is 28.8 Å². The zero-order valence-electron chi connectivity index (χ0n) is 10.1. The molecule has 1 aliphatic heterocycles. The number of nitrogens with zero attached hydrogens (tertiary/aromatic N) is 3. The highest BCUT2D eigenvalue weighted by atomic mass is 16.5. The Bertz CT molecular complexity index is 534. The molecule has 0 bridgehead atoms. The second-order valence-corrected chi connectivity index (χ2v) is 4.18. The van der Waals surface area contributed by atoms with Gasteiger partial charge in [-0.25, -0.2) is 0 Å².